The SMILES string of the molecule is C=CCN(CCOC)S(=O)(=O)c1cc(N)cc(F)c1C. The van der Waals surface area contributed by atoms with E-state index >= 15 is 0 Å². The third kappa shape index (κ3) is 3.56. The number of rotatable bonds is 7. The molecule has 0 radical (unpaired) electrons. The molecule has 5 nitrogen and oxygen atoms in total. The molecule has 1 aromatic rings. The summed E-state index contributed by atoms with van der Waals surface area (Å²) in [5.41, 5.74) is 5.64. The van der Waals surface area contributed by atoms with Crippen LogP contribution in [0.25, 0.3) is 0 Å². The van der Waals surface area contributed by atoms with Gasteiger partial charge in [0.25, 0.3) is 0 Å². The molecule has 7 heteroatoms. The van der Waals surface area contributed by atoms with E-state index in [2.05, 4.69) is 6.58 Å². The monoisotopic (exact) mass is 302 g/mol. The van der Waals surface area contributed by atoms with Crippen LogP contribution in [-0.4, -0.2) is 39.5 Å². The molecule has 20 heavy (non-hydrogen) atoms. The Labute approximate surface area is 118 Å². The molecule has 112 valence electrons. The van der Waals surface area contributed by atoms with Gasteiger partial charge in [0, 0.05) is 31.5 Å². The van der Waals surface area contributed by atoms with Crippen molar-refractivity contribution in [2.45, 2.75) is 11.8 Å². The van der Waals surface area contributed by atoms with Gasteiger partial charge in [0.15, 0.2) is 0 Å². The highest BCUT2D eigenvalue weighted by Gasteiger charge is 2.26. The Morgan fingerprint density at radius 1 is 1.50 bits per heavy atom. The number of benzene rings is 1. The number of methoxy groups -OCH3 is 1. The van der Waals surface area contributed by atoms with E-state index in [-0.39, 0.29) is 35.8 Å². The van der Waals surface area contributed by atoms with Gasteiger partial charge in [-0.05, 0) is 19.1 Å². The van der Waals surface area contributed by atoms with Crippen LogP contribution >= 0.6 is 0 Å². The lowest BCUT2D eigenvalue weighted by atomic mass is 10.2. The molecule has 0 saturated carbocycles. The molecule has 1 aromatic carbocycles. The van der Waals surface area contributed by atoms with Crippen molar-refractivity contribution in [3.8, 4) is 0 Å². The molecule has 0 amide bonds. The fourth-order valence-electron chi connectivity index (χ4n) is 1.73. The van der Waals surface area contributed by atoms with Gasteiger partial charge in [-0.1, -0.05) is 6.08 Å². The van der Waals surface area contributed by atoms with Crippen molar-refractivity contribution in [2.24, 2.45) is 0 Å². The maximum atomic E-state index is 13.7. The average molecular weight is 302 g/mol. The second-order valence-corrected chi connectivity index (χ2v) is 6.18. The Balaban J connectivity index is 3.28. The lowest BCUT2D eigenvalue weighted by Crippen LogP contribution is -2.34. The number of nitrogen functional groups attached to an aromatic ring is 1. The number of hydrogen-bond donors (Lipinski definition) is 1. The number of nitrogens with two attached hydrogens (primary N) is 1. The summed E-state index contributed by atoms with van der Waals surface area (Å²) in [5, 5.41) is 0. The second kappa shape index (κ2) is 6.83. The van der Waals surface area contributed by atoms with Crippen LogP contribution in [0.3, 0.4) is 0 Å². The minimum atomic E-state index is -3.85. The first kappa shape index (κ1) is 16.6. The highest BCUT2D eigenvalue weighted by molar-refractivity contribution is 7.89. The van der Waals surface area contributed by atoms with Crippen molar-refractivity contribution in [3.05, 3.63) is 36.2 Å². The van der Waals surface area contributed by atoms with Crippen LogP contribution in [0.1, 0.15) is 5.56 Å². The molecular weight excluding hydrogens is 283 g/mol. The van der Waals surface area contributed by atoms with E-state index in [1.54, 1.807) is 0 Å². The maximum Gasteiger partial charge on any atom is 0.243 e. The Bertz CT molecular complexity index is 588. The minimum absolute atomic E-state index is 0.0469. The number of ether oxygens (including phenoxy) is 1. The summed E-state index contributed by atoms with van der Waals surface area (Å²) >= 11 is 0. The predicted octanol–water partition coefficient (Wildman–Crippen LogP) is 1.54. The molecule has 2 N–H and O–H groups in total. The van der Waals surface area contributed by atoms with Crippen LogP contribution in [0.5, 0.6) is 0 Å². The summed E-state index contributed by atoms with van der Waals surface area (Å²) in [7, 11) is -2.37. The Morgan fingerprint density at radius 2 is 2.15 bits per heavy atom. The van der Waals surface area contributed by atoms with Crippen LogP contribution < -0.4 is 5.73 Å². The van der Waals surface area contributed by atoms with Crippen molar-refractivity contribution < 1.29 is 17.5 Å². The normalized spacial score (nSPS) is 11.8. The summed E-state index contributed by atoms with van der Waals surface area (Å²) in [5.74, 6) is -0.645. The van der Waals surface area contributed by atoms with Gasteiger partial charge in [-0.15, -0.1) is 6.58 Å². The summed E-state index contributed by atoms with van der Waals surface area (Å²) in [6.45, 7) is 5.43. The molecule has 0 spiro atoms. The first-order valence-electron chi connectivity index (χ1n) is 6.00. The van der Waals surface area contributed by atoms with E-state index in [0.29, 0.717) is 0 Å². The molecule has 1 rings (SSSR count). The fraction of sp³-hybridized carbons (Fsp3) is 0.385. The van der Waals surface area contributed by atoms with Crippen molar-refractivity contribution in [1.29, 1.82) is 0 Å². The number of anilines is 1. The van der Waals surface area contributed by atoms with Crippen molar-refractivity contribution in [3.63, 3.8) is 0 Å². The third-order valence-electron chi connectivity index (χ3n) is 2.81. The van der Waals surface area contributed by atoms with Gasteiger partial charge in [-0.2, -0.15) is 4.31 Å². The zero-order valence-corrected chi connectivity index (χ0v) is 12.4. The van der Waals surface area contributed by atoms with Crippen molar-refractivity contribution >= 4 is 15.7 Å². The summed E-state index contributed by atoms with van der Waals surface area (Å²) in [6.07, 6.45) is 1.46. The Hall–Kier alpha value is -1.44. The lowest BCUT2D eigenvalue weighted by Gasteiger charge is -2.21. The molecule has 0 heterocycles. The van der Waals surface area contributed by atoms with E-state index in [1.807, 2.05) is 0 Å². The average Bonchev–Trinajstić information content (AvgIpc) is 2.38. The maximum absolute atomic E-state index is 13.7. The molecule has 0 saturated heterocycles. The first-order chi connectivity index (χ1) is 9.34. The molecule has 0 bridgehead atoms. The first-order valence-corrected chi connectivity index (χ1v) is 7.44. The number of halogens is 1. The summed E-state index contributed by atoms with van der Waals surface area (Å²) < 4.78 is 44.8. The quantitative estimate of drug-likeness (QED) is 0.612. The minimum Gasteiger partial charge on any atom is -0.399 e. The topological polar surface area (TPSA) is 72.6 Å². The third-order valence-corrected chi connectivity index (χ3v) is 4.81. The van der Waals surface area contributed by atoms with Crippen LogP contribution in [0.15, 0.2) is 29.7 Å². The smallest absolute Gasteiger partial charge is 0.243 e. The lowest BCUT2D eigenvalue weighted by molar-refractivity contribution is 0.182. The highest BCUT2D eigenvalue weighted by Crippen LogP contribution is 2.24. The van der Waals surface area contributed by atoms with Crippen molar-refractivity contribution in [1.82, 2.24) is 4.31 Å². The van der Waals surface area contributed by atoms with Crippen LogP contribution in [-0.2, 0) is 14.8 Å². The molecule has 0 aliphatic carbocycles. The Morgan fingerprint density at radius 3 is 2.70 bits per heavy atom. The van der Waals surface area contributed by atoms with Gasteiger partial charge in [-0.25, -0.2) is 12.8 Å². The predicted molar refractivity (Wildman–Crippen MR) is 76.4 cm³/mol. The van der Waals surface area contributed by atoms with E-state index in [4.69, 9.17) is 10.5 Å². The largest absolute Gasteiger partial charge is 0.399 e. The van der Waals surface area contributed by atoms with Crippen molar-refractivity contribution in [2.75, 3.05) is 32.5 Å². The van der Waals surface area contributed by atoms with Crippen LogP contribution in [0, 0.1) is 12.7 Å². The zero-order valence-electron chi connectivity index (χ0n) is 11.6. The van der Waals surface area contributed by atoms with Gasteiger partial charge in [0.1, 0.15) is 5.82 Å². The fourth-order valence-corrected chi connectivity index (χ4v) is 3.39. The standard InChI is InChI=1S/C13H19FN2O3S/c1-4-5-16(6-7-19-3)20(17,18)13-9-11(15)8-12(14)10(13)2/h4,8-9H,1,5-7,15H2,2-3H3. The van der Waals surface area contributed by atoms with Crippen LogP contribution in [0.4, 0.5) is 10.1 Å². The van der Waals surface area contributed by atoms with Gasteiger partial charge < -0.3 is 10.5 Å². The van der Waals surface area contributed by atoms with E-state index in [1.165, 1.54) is 30.5 Å². The summed E-state index contributed by atoms with van der Waals surface area (Å²) in [4.78, 5) is -0.132. The van der Waals surface area contributed by atoms with Gasteiger partial charge in [0.05, 0.1) is 11.5 Å². The molecule has 0 aromatic heterocycles. The molecular formula is C13H19FN2O3S. The van der Waals surface area contributed by atoms with Gasteiger partial charge >= 0.3 is 0 Å². The number of nitrogens with zero attached hydrogens (tertiary/aromatic N) is 1. The molecule has 0 unspecified atom stereocenters. The Kier molecular flexibility index (Phi) is 5.67. The molecule has 0 atom stereocenters. The van der Waals surface area contributed by atoms with E-state index in [0.717, 1.165) is 6.07 Å². The molecule has 0 aliphatic heterocycles. The molecule has 0 aliphatic rings. The summed E-state index contributed by atoms with van der Waals surface area (Å²) in [6, 6.07) is 2.36. The second-order valence-electron chi connectivity index (χ2n) is 4.27. The van der Waals surface area contributed by atoms with Gasteiger partial charge in [0.2, 0.25) is 10.0 Å². The number of hydrogen-bond acceptors (Lipinski definition) is 4. The highest BCUT2D eigenvalue weighted by atomic mass is 32.2. The van der Waals surface area contributed by atoms with E-state index < -0.39 is 15.8 Å². The molecule has 0 fully saturated rings. The number of sulfonamides is 1. The van der Waals surface area contributed by atoms with E-state index in [9.17, 15) is 12.8 Å². The zero-order chi connectivity index (χ0) is 15.3. The van der Waals surface area contributed by atoms with Gasteiger partial charge in [-0.3, -0.25) is 0 Å². The van der Waals surface area contributed by atoms with Crippen LogP contribution in [0.2, 0.25) is 0 Å².